The van der Waals surface area contributed by atoms with Gasteiger partial charge in [-0.1, -0.05) is 84.5 Å². The van der Waals surface area contributed by atoms with Gasteiger partial charge in [-0.3, -0.25) is 4.90 Å². The number of allylic oxidation sites excluding steroid dienone is 3. The molecule has 4 rings (SSSR count). The number of hydrogen-bond donors (Lipinski definition) is 1. The molecular formula is C22H23NO. The first-order chi connectivity index (χ1) is 11.8. The highest BCUT2D eigenvalue weighted by molar-refractivity contribution is 5.39. The van der Waals surface area contributed by atoms with Crippen LogP contribution in [0.25, 0.3) is 0 Å². The molecule has 1 saturated heterocycles. The van der Waals surface area contributed by atoms with E-state index < -0.39 is 5.60 Å². The standard InChI is InChI=1S/C22H23NO/c24-22(19-11-3-1-4-12-19,20-13-5-2-6-14-20)21-15-16-23(21)17-18-9-7-8-10-18/h1-9,11-14,21,24H,10,15-17H2/t21-/m0/s1. The number of hydrogen-bond acceptors (Lipinski definition) is 2. The first-order valence-corrected chi connectivity index (χ1v) is 8.70. The van der Waals surface area contributed by atoms with Gasteiger partial charge in [-0.05, 0) is 24.0 Å². The minimum atomic E-state index is -0.965. The van der Waals surface area contributed by atoms with Gasteiger partial charge in [0.2, 0.25) is 0 Å². The van der Waals surface area contributed by atoms with Gasteiger partial charge in [-0.15, -0.1) is 0 Å². The summed E-state index contributed by atoms with van der Waals surface area (Å²) < 4.78 is 0. The molecule has 2 aromatic rings. The molecule has 0 unspecified atom stereocenters. The van der Waals surface area contributed by atoms with Crippen LogP contribution in [0.4, 0.5) is 0 Å². The Hall–Kier alpha value is -2.16. The molecule has 1 aliphatic carbocycles. The molecule has 1 heterocycles. The Morgan fingerprint density at radius 3 is 2.04 bits per heavy atom. The molecule has 1 fully saturated rings. The lowest BCUT2D eigenvalue weighted by molar-refractivity contribution is -0.0677. The molecule has 0 aromatic heterocycles. The van der Waals surface area contributed by atoms with Gasteiger partial charge in [0.1, 0.15) is 5.60 Å². The Bertz CT molecular complexity index is 709. The van der Waals surface area contributed by atoms with Crippen LogP contribution in [0.15, 0.2) is 84.5 Å². The van der Waals surface area contributed by atoms with E-state index in [9.17, 15) is 5.11 Å². The van der Waals surface area contributed by atoms with E-state index in [-0.39, 0.29) is 6.04 Å². The van der Waals surface area contributed by atoms with E-state index in [1.54, 1.807) is 0 Å². The van der Waals surface area contributed by atoms with E-state index in [0.29, 0.717) is 0 Å². The number of likely N-dealkylation sites (tertiary alicyclic amines) is 1. The van der Waals surface area contributed by atoms with E-state index in [1.807, 2.05) is 60.7 Å². The van der Waals surface area contributed by atoms with E-state index >= 15 is 0 Å². The van der Waals surface area contributed by atoms with Crippen molar-refractivity contribution in [1.82, 2.24) is 4.90 Å². The van der Waals surface area contributed by atoms with E-state index in [4.69, 9.17) is 0 Å². The molecule has 2 aromatic carbocycles. The second-order valence-corrected chi connectivity index (χ2v) is 6.73. The zero-order valence-electron chi connectivity index (χ0n) is 13.8. The summed E-state index contributed by atoms with van der Waals surface area (Å²) in [6.45, 7) is 1.99. The molecule has 1 N–H and O–H groups in total. The van der Waals surface area contributed by atoms with Crippen molar-refractivity contribution in [3.8, 4) is 0 Å². The first-order valence-electron chi connectivity index (χ1n) is 8.70. The molecule has 2 heteroatoms. The lowest BCUT2D eigenvalue weighted by Crippen LogP contribution is -2.60. The van der Waals surface area contributed by atoms with Gasteiger partial charge < -0.3 is 5.11 Å². The fourth-order valence-corrected chi connectivity index (χ4v) is 3.91. The highest BCUT2D eigenvalue weighted by Crippen LogP contribution is 2.41. The minimum absolute atomic E-state index is 0.115. The summed E-state index contributed by atoms with van der Waals surface area (Å²) in [6, 6.07) is 20.3. The quantitative estimate of drug-likeness (QED) is 0.904. The van der Waals surface area contributed by atoms with Gasteiger partial charge in [0.05, 0.1) is 0 Å². The van der Waals surface area contributed by atoms with Gasteiger partial charge in [-0.25, -0.2) is 0 Å². The summed E-state index contributed by atoms with van der Waals surface area (Å²) in [5, 5.41) is 11.8. The third kappa shape index (κ3) is 2.62. The minimum Gasteiger partial charge on any atom is -0.379 e. The summed E-state index contributed by atoms with van der Waals surface area (Å²) in [6.07, 6.45) is 8.59. The number of rotatable bonds is 5. The van der Waals surface area contributed by atoms with Crippen molar-refractivity contribution in [3.05, 3.63) is 95.6 Å². The molecule has 122 valence electrons. The average Bonchev–Trinajstić information content (AvgIpc) is 3.13. The van der Waals surface area contributed by atoms with Crippen molar-refractivity contribution >= 4 is 0 Å². The second-order valence-electron chi connectivity index (χ2n) is 6.73. The van der Waals surface area contributed by atoms with Crippen LogP contribution in [-0.4, -0.2) is 29.1 Å². The van der Waals surface area contributed by atoms with E-state index in [2.05, 4.69) is 23.1 Å². The molecule has 1 atom stereocenters. The smallest absolute Gasteiger partial charge is 0.130 e. The van der Waals surface area contributed by atoms with Gasteiger partial charge in [0, 0.05) is 19.1 Å². The molecule has 1 aliphatic heterocycles. The summed E-state index contributed by atoms with van der Waals surface area (Å²) in [5.74, 6) is 0. The Morgan fingerprint density at radius 2 is 1.58 bits per heavy atom. The lowest BCUT2D eigenvalue weighted by atomic mass is 9.75. The van der Waals surface area contributed by atoms with Crippen molar-refractivity contribution in [3.63, 3.8) is 0 Å². The van der Waals surface area contributed by atoms with Crippen LogP contribution in [0.1, 0.15) is 24.0 Å². The third-order valence-electron chi connectivity index (χ3n) is 5.29. The molecule has 0 radical (unpaired) electrons. The highest BCUT2D eigenvalue weighted by Gasteiger charge is 2.47. The van der Waals surface area contributed by atoms with E-state index in [1.165, 1.54) is 5.57 Å². The van der Waals surface area contributed by atoms with Gasteiger partial charge >= 0.3 is 0 Å². The third-order valence-corrected chi connectivity index (χ3v) is 5.29. The van der Waals surface area contributed by atoms with Gasteiger partial charge in [-0.2, -0.15) is 0 Å². The molecular weight excluding hydrogens is 294 g/mol. The van der Waals surface area contributed by atoms with Crippen LogP contribution in [0.5, 0.6) is 0 Å². The zero-order valence-corrected chi connectivity index (χ0v) is 13.8. The fourth-order valence-electron chi connectivity index (χ4n) is 3.91. The fraction of sp³-hybridized carbons (Fsp3) is 0.273. The van der Waals surface area contributed by atoms with Crippen molar-refractivity contribution in [2.24, 2.45) is 0 Å². The Balaban J connectivity index is 1.68. The van der Waals surface area contributed by atoms with Crippen molar-refractivity contribution in [2.45, 2.75) is 24.5 Å². The van der Waals surface area contributed by atoms with Crippen LogP contribution in [0, 0.1) is 0 Å². The monoisotopic (exact) mass is 317 g/mol. The Morgan fingerprint density at radius 1 is 0.958 bits per heavy atom. The molecule has 0 bridgehead atoms. The molecule has 24 heavy (non-hydrogen) atoms. The summed E-state index contributed by atoms with van der Waals surface area (Å²) >= 11 is 0. The second kappa shape index (κ2) is 6.39. The lowest BCUT2D eigenvalue weighted by Gasteiger charge is -2.50. The van der Waals surface area contributed by atoms with Gasteiger partial charge in [0.25, 0.3) is 0 Å². The average molecular weight is 317 g/mol. The van der Waals surface area contributed by atoms with Crippen LogP contribution in [-0.2, 0) is 5.60 Å². The summed E-state index contributed by atoms with van der Waals surface area (Å²) in [7, 11) is 0. The van der Waals surface area contributed by atoms with Gasteiger partial charge in [0.15, 0.2) is 0 Å². The Labute approximate surface area is 143 Å². The summed E-state index contributed by atoms with van der Waals surface area (Å²) in [4.78, 5) is 2.42. The molecule has 0 spiro atoms. The summed E-state index contributed by atoms with van der Waals surface area (Å²) in [5.41, 5.74) is 2.42. The predicted molar refractivity (Wildman–Crippen MR) is 97.7 cm³/mol. The van der Waals surface area contributed by atoms with Crippen LogP contribution in [0.2, 0.25) is 0 Å². The first kappa shape index (κ1) is 15.4. The molecule has 2 nitrogen and oxygen atoms in total. The topological polar surface area (TPSA) is 23.5 Å². The maximum absolute atomic E-state index is 11.8. The van der Waals surface area contributed by atoms with Crippen LogP contribution < -0.4 is 0 Å². The maximum Gasteiger partial charge on any atom is 0.130 e. The van der Waals surface area contributed by atoms with Crippen molar-refractivity contribution in [1.29, 1.82) is 0 Å². The molecule has 2 aliphatic rings. The number of aliphatic hydroxyl groups is 1. The normalized spacial score (nSPS) is 20.7. The predicted octanol–water partition coefficient (Wildman–Crippen LogP) is 3.88. The zero-order chi connectivity index (χ0) is 16.4. The molecule has 0 amide bonds. The SMILES string of the molecule is OC(c1ccccc1)(c1ccccc1)[C@@H]1CCN1CC1=CC=CC1. The van der Waals surface area contributed by atoms with Crippen molar-refractivity contribution < 1.29 is 5.11 Å². The maximum atomic E-state index is 11.8. The van der Waals surface area contributed by atoms with Crippen LogP contribution >= 0.6 is 0 Å². The number of nitrogens with zero attached hydrogens (tertiary/aromatic N) is 1. The highest BCUT2D eigenvalue weighted by atomic mass is 16.3. The largest absolute Gasteiger partial charge is 0.379 e. The van der Waals surface area contributed by atoms with E-state index in [0.717, 1.165) is 37.1 Å². The van der Waals surface area contributed by atoms with Crippen LogP contribution in [0.3, 0.4) is 0 Å². The van der Waals surface area contributed by atoms with Crippen molar-refractivity contribution in [2.75, 3.05) is 13.1 Å². The molecule has 0 saturated carbocycles. The Kier molecular flexibility index (Phi) is 4.09. The number of benzene rings is 2.